The van der Waals surface area contributed by atoms with Crippen molar-refractivity contribution in [3.05, 3.63) is 121 Å². The van der Waals surface area contributed by atoms with E-state index in [-0.39, 0.29) is 17.8 Å². The van der Waals surface area contributed by atoms with E-state index in [2.05, 4.69) is 74.7 Å². The van der Waals surface area contributed by atoms with Crippen LogP contribution in [0.3, 0.4) is 0 Å². The molecule has 0 heterocycles. The predicted octanol–water partition coefficient (Wildman–Crippen LogP) is 9.29. The van der Waals surface area contributed by atoms with Gasteiger partial charge in [-0.3, -0.25) is 9.68 Å². The van der Waals surface area contributed by atoms with Gasteiger partial charge in [0.1, 0.15) is 6.29 Å². The van der Waals surface area contributed by atoms with Crippen molar-refractivity contribution < 1.29 is 39.4 Å². The Bertz CT molecular complexity index is 1610. The molecule has 4 rings (SSSR count). The van der Waals surface area contributed by atoms with Crippen LogP contribution in [0, 0.1) is 0 Å². The summed E-state index contributed by atoms with van der Waals surface area (Å²) >= 11 is 0. The molecule has 266 valence electrons. The lowest BCUT2D eigenvalue weighted by molar-refractivity contribution is -0.209. The second-order valence-electron chi connectivity index (χ2n) is 11.1. The highest BCUT2D eigenvalue weighted by Gasteiger charge is 2.11. The molecule has 50 heavy (non-hydrogen) atoms. The summed E-state index contributed by atoms with van der Waals surface area (Å²) in [5.41, 5.74) is 8.28. The second kappa shape index (κ2) is 23.4. The van der Waals surface area contributed by atoms with Crippen molar-refractivity contribution in [3.8, 4) is 44.9 Å². The summed E-state index contributed by atoms with van der Waals surface area (Å²) in [5.74, 6) is 0.239. The fourth-order valence-electron chi connectivity index (χ4n) is 4.77. The summed E-state index contributed by atoms with van der Waals surface area (Å²) < 4.78 is 0. The van der Waals surface area contributed by atoms with E-state index in [9.17, 15) is 9.59 Å². The minimum absolute atomic E-state index is 0.0762. The lowest BCUT2D eigenvalue weighted by atomic mass is 9.91. The van der Waals surface area contributed by atoms with Crippen LogP contribution in [-0.4, -0.2) is 42.8 Å². The number of rotatable bonds is 17. The first-order chi connectivity index (χ1) is 24.3. The molecule has 0 amide bonds. The molecule has 0 aliphatic heterocycles. The van der Waals surface area contributed by atoms with Gasteiger partial charge < -0.3 is 15.1 Å². The molecule has 0 spiro atoms. The summed E-state index contributed by atoms with van der Waals surface area (Å²) in [6.45, 7) is 12.1. The number of hydrogen-bond donors (Lipinski definition) is 2. The predicted molar refractivity (Wildman–Crippen MR) is 199 cm³/mol. The van der Waals surface area contributed by atoms with E-state index >= 15 is 0 Å². The van der Waals surface area contributed by atoms with Gasteiger partial charge in [0, 0.05) is 5.57 Å². The number of aryl methyl sites for hydroxylation is 1. The lowest BCUT2D eigenvalue weighted by Crippen LogP contribution is -2.12. The van der Waals surface area contributed by atoms with Crippen LogP contribution in [0.15, 0.2) is 115 Å². The van der Waals surface area contributed by atoms with Crippen molar-refractivity contribution in [2.45, 2.75) is 59.3 Å². The summed E-state index contributed by atoms with van der Waals surface area (Å²) in [5, 5.41) is 17.0. The Morgan fingerprint density at radius 2 is 1.18 bits per heavy atom. The molecule has 8 nitrogen and oxygen atoms in total. The number of aldehydes is 1. The van der Waals surface area contributed by atoms with Crippen molar-refractivity contribution in [2.75, 3.05) is 20.3 Å². The van der Waals surface area contributed by atoms with Crippen molar-refractivity contribution in [1.29, 1.82) is 0 Å². The van der Waals surface area contributed by atoms with Gasteiger partial charge in [-0.1, -0.05) is 126 Å². The Kier molecular flexibility index (Phi) is 19.2. The molecule has 0 atom stereocenters. The maximum atomic E-state index is 11.6. The van der Waals surface area contributed by atoms with E-state index in [1.165, 1.54) is 55.0 Å². The number of unbranched alkanes of at least 4 members (excludes halogenated alkanes) is 4. The van der Waals surface area contributed by atoms with Crippen LogP contribution >= 0.6 is 0 Å². The summed E-state index contributed by atoms with van der Waals surface area (Å²) in [6.07, 6.45) is 7.73. The highest BCUT2D eigenvalue weighted by Crippen LogP contribution is 2.33. The van der Waals surface area contributed by atoms with Crippen LogP contribution in [0.25, 0.3) is 33.4 Å². The van der Waals surface area contributed by atoms with Crippen molar-refractivity contribution in [2.24, 2.45) is 0 Å². The molecular formula is C42H50O8. The first-order valence-electron chi connectivity index (χ1n) is 16.9. The smallest absolute Gasteiger partial charge is 0.383 e. The first kappa shape index (κ1) is 41.2. The van der Waals surface area contributed by atoms with Gasteiger partial charge in [0.15, 0.2) is 11.5 Å². The second-order valence-corrected chi connectivity index (χ2v) is 11.1. The third-order valence-corrected chi connectivity index (χ3v) is 7.47. The summed E-state index contributed by atoms with van der Waals surface area (Å²) in [7, 11) is 1.50. The quantitative estimate of drug-likeness (QED) is 0.0373. The highest BCUT2D eigenvalue weighted by atomic mass is 17.2. The Labute approximate surface area is 296 Å². The zero-order chi connectivity index (χ0) is 36.7. The normalized spacial score (nSPS) is 10.0. The Morgan fingerprint density at radius 3 is 1.68 bits per heavy atom. The lowest BCUT2D eigenvalue weighted by Gasteiger charge is -2.14. The molecule has 0 aliphatic rings. The van der Waals surface area contributed by atoms with Gasteiger partial charge in [-0.2, -0.15) is 4.89 Å². The van der Waals surface area contributed by atoms with E-state index in [1.54, 1.807) is 12.1 Å². The zero-order valence-corrected chi connectivity index (χ0v) is 29.7. The van der Waals surface area contributed by atoms with Crippen molar-refractivity contribution in [1.82, 2.24) is 0 Å². The van der Waals surface area contributed by atoms with Gasteiger partial charge in [0.25, 0.3) is 0 Å². The van der Waals surface area contributed by atoms with Crippen LogP contribution < -0.4 is 9.78 Å². The third kappa shape index (κ3) is 13.5. The Balaban J connectivity index is 0.000000979. The SMILES string of the molecule is C=C(C=O)CO.C=C(CO)C(=O)OOc1ccc(-c2ccc(-c3ccc(-c4ccc(OOC)cc4)cc3CCCCCCC)cc2)cc1.CC. The summed E-state index contributed by atoms with van der Waals surface area (Å²) in [4.78, 5) is 40.7. The van der Waals surface area contributed by atoms with Gasteiger partial charge >= 0.3 is 5.97 Å². The average Bonchev–Trinajstić information content (AvgIpc) is 3.18. The van der Waals surface area contributed by atoms with Crippen LogP contribution in [0.2, 0.25) is 0 Å². The van der Waals surface area contributed by atoms with Crippen LogP contribution in [-0.2, 0) is 25.8 Å². The maximum Gasteiger partial charge on any atom is 0.383 e. The molecule has 8 heteroatoms. The number of hydrogen-bond acceptors (Lipinski definition) is 8. The average molecular weight is 683 g/mol. The van der Waals surface area contributed by atoms with Crippen molar-refractivity contribution >= 4 is 12.3 Å². The van der Waals surface area contributed by atoms with Crippen molar-refractivity contribution in [3.63, 3.8) is 0 Å². The molecule has 2 N–H and O–H groups in total. The molecule has 0 radical (unpaired) electrons. The monoisotopic (exact) mass is 682 g/mol. The maximum absolute atomic E-state index is 11.6. The molecule has 0 bridgehead atoms. The highest BCUT2D eigenvalue weighted by molar-refractivity contribution is 5.87. The topological polar surface area (TPSA) is 112 Å². The molecule has 0 unspecified atom stereocenters. The van der Waals surface area contributed by atoms with E-state index in [0.717, 1.165) is 29.5 Å². The van der Waals surface area contributed by atoms with Gasteiger partial charge in [-0.15, -0.1) is 0 Å². The minimum Gasteiger partial charge on any atom is -0.392 e. The summed E-state index contributed by atoms with van der Waals surface area (Å²) in [6, 6.07) is 30.4. The fourth-order valence-corrected chi connectivity index (χ4v) is 4.77. The number of aliphatic hydroxyl groups is 2. The fraction of sp³-hybridized carbons (Fsp3) is 0.286. The first-order valence-corrected chi connectivity index (χ1v) is 16.9. The van der Waals surface area contributed by atoms with E-state index in [4.69, 9.17) is 29.8 Å². The van der Waals surface area contributed by atoms with Gasteiger partial charge in [-0.05, 0) is 76.1 Å². The van der Waals surface area contributed by atoms with Crippen LogP contribution in [0.4, 0.5) is 0 Å². The molecule has 0 saturated carbocycles. The molecular weight excluding hydrogens is 632 g/mol. The molecule has 0 aliphatic carbocycles. The van der Waals surface area contributed by atoms with Gasteiger partial charge in [0.2, 0.25) is 0 Å². The van der Waals surface area contributed by atoms with Gasteiger partial charge in [0.05, 0.1) is 25.9 Å². The Hall–Kier alpha value is -5.02. The Morgan fingerprint density at radius 1 is 0.680 bits per heavy atom. The van der Waals surface area contributed by atoms with Gasteiger partial charge in [-0.25, -0.2) is 9.68 Å². The van der Waals surface area contributed by atoms with E-state index in [0.29, 0.717) is 17.8 Å². The third-order valence-electron chi connectivity index (χ3n) is 7.47. The number of carbonyl (C=O) groups excluding carboxylic acids is 2. The largest absolute Gasteiger partial charge is 0.392 e. The molecule has 4 aromatic carbocycles. The van der Waals surface area contributed by atoms with E-state index < -0.39 is 12.6 Å². The number of benzene rings is 4. The standard InChI is InChI=1S/C36H38O6.C4H6O2.C2H6/c1-4-5-6-7-8-9-32-24-31(29-16-19-33(20-17-29)40-39-3)18-23-35(32)30-12-10-27(11-13-30)28-14-21-34(22-15-28)41-42-36(38)26(2)25-37;1-4(2-5)3-6;1-2/h10-24,37H,2,4-9,25H2,1,3H3;2,6H,1,3H2;1-2H3. The molecule has 4 aromatic rings. The minimum atomic E-state index is -0.805. The molecule has 0 aromatic heterocycles. The number of aliphatic hydroxyl groups excluding tert-OH is 2. The van der Waals surface area contributed by atoms with E-state index in [1.807, 2.05) is 38.1 Å². The zero-order valence-electron chi connectivity index (χ0n) is 29.7. The van der Waals surface area contributed by atoms with Crippen LogP contribution in [0.1, 0.15) is 58.4 Å². The van der Waals surface area contributed by atoms with Crippen LogP contribution in [0.5, 0.6) is 11.5 Å². The molecule has 0 fully saturated rings. The molecule has 0 saturated heterocycles. The number of carbonyl (C=O) groups is 2.